The van der Waals surface area contributed by atoms with Crippen LogP contribution in [0.1, 0.15) is 17.7 Å². The average Bonchev–Trinajstić information content (AvgIpc) is 2.77. The molecule has 0 N–H and O–H groups in total. The van der Waals surface area contributed by atoms with Crippen molar-refractivity contribution in [1.82, 2.24) is 14.2 Å². The third-order valence-corrected chi connectivity index (χ3v) is 4.87. The Hall–Kier alpha value is -0.980. The van der Waals surface area contributed by atoms with Crippen LogP contribution in [-0.4, -0.2) is 55.0 Å². The minimum Gasteiger partial charge on any atom is -0.296 e. The lowest BCUT2D eigenvalue weighted by Gasteiger charge is -2.24. The van der Waals surface area contributed by atoms with Crippen LogP contribution in [0.5, 0.6) is 0 Å². The van der Waals surface area contributed by atoms with E-state index in [0.717, 1.165) is 18.7 Å². The Balaban J connectivity index is 1.97. The highest BCUT2D eigenvalue weighted by Crippen LogP contribution is 2.18. The molecule has 5 nitrogen and oxygen atoms in total. The normalized spacial score (nSPS) is 21.2. The van der Waals surface area contributed by atoms with E-state index < -0.39 is 10.0 Å². The molecule has 0 radical (unpaired) electrons. The summed E-state index contributed by atoms with van der Waals surface area (Å²) in [6.45, 7) is 4.01. The predicted octanol–water partition coefficient (Wildman–Crippen LogP) is 0.856. The lowest BCUT2D eigenvalue weighted by Crippen LogP contribution is -2.36. The molecule has 2 heterocycles. The van der Waals surface area contributed by atoms with Gasteiger partial charge in [0, 0.05) is 31.9 Å². The summed E-state index contributed by atoms with van der Waals surface area (Å²) in [7, 11) is -1.03. The van der Waals surface area contributed by atoms with Crippen molar-refractivity contribution in [3.8, 4) is 0 Å². The fraction of sp³-hybridized carbons (Fsp3) is 0.615. The standard InChI is InChI=1S/C13H21N3O2S/c1-11-4-6-14-12(8-11)9-15(2)13-5-7-16(10-13)19(3,17)18/h4,6,8,13H,5,7,9-10H2,1-3H3. The summed E-state index contributed by atoms with van der Waals surface area (Å²) >= 11 is 0. The molecule has 1 aliphatic rings. The van der Waals surface area contributed by atoms with Crippen LogP contribution in [0.15, 0.2) is 18.3 Å². The zero-order valence-corrected chi connectivity index (χ0v) is 12.5. The van der Waals surface area contributed by atoms with Gasteiger partial charge in [0.05, 0.1) is 11.9 Å². The summed E-state index contributed by atoms with van der Waals surface area (Å²) in [5.41, 5.74) is 2.22. The number of pyridine rings is 1. The summed E-state index contributed by atoms with van der Waals surface area (Å²) in [5.74, 6) is 0. The van der Waals surface area contributed by atoms with E-state index in [4.69, 9.17) is 0 Å². The van der Waals surface area contributed by atoms with Crippen LogP contribution >= 0.6 is 0 Å². The highest BCUT2D eigenvalue weighted by Gasteiger charge is 2.30. The maximum absolute atomic E-state index is 11.5. The number of likely N-dealkylation sites (N-methyl/N-ethyl adjacent to an activating group) is 1. The van der Waals surface area contributed by atoms with Crippen molar-refractivity contribution in [2.24, 2.45) is 0 Å². The molecule has 19 heavy (non-hydrogen) atoms. The van der Waals surface area contributed by atoms with Crippen molar-refractivity contribution in [2.45, 2.75) is 25.9 Å². The van der Waals surface area contributed by atoms with Crippen LogP contribution in [-0.2, 0) is 16.6 Å². The summed E-state index contributed by atoms with van der Waals surface area (Å²) in [4.78, 5) is 6.53. The molecule has 1 aromatic heterocycles. The molecule has 1 saturated heterocycles. The van der Waals surface area contributed by atoms with Gasteiger partial charge in [-0.3, -0.25) is 9.88 Å². The fourth-order valence-electron chi connectivity index (χ4n) is 2.44. The molecule has 6 heteroatoms. The van der Waals surface area contributed by atoms with Crippen molar-refractivity contribution in [3.05, 3.63) is 29.6 Å². The van der Waals surface area contributed by atoms with Crippen molar-refractivity contribution >= 4 is 10.0 Å². The van der Waals surface area contributed by atoms with Crippen molar-refractivity contribution in [2.75, 3.05) is 26.4 Å². The number of sulfonamides is 1. The van der Waals surface area contributed by atoms with E-state index in [1.54, 1.807) is 4.31 Å². The quantitative estimate of drug-likeness (QED) is 0.822. The second kappa shape index (κ2) is 5.56. The molecule has 1 aliphatic heterocycles. The number of nitrogens with zero attached hydrogens (tertiary/aromatic N) is 3. The highest BCUT2D eigenvalue weighted by atomic mass is 32.2. The molecule has 1 unspecified atom stereocenters. The lowest BCUT2D eigenvalue weighted by molar-refractivity contribution is 0.239. The first kappa shape index (κ1) is 14.4. The van der Waals surface area contributed by atoms with E-state index in [1.807, 2.05) is 26.2 Å². The van der Waals surface area contributed by atoms with Gasteiger partial charge in [-0.1, -0.05) is 0 Å². The van der Waals surface area contributed by atoms with Crippen LogP contribution in [0.4, 0.5) is 0 Å². The number of rotatable bonds is 4. The molecular formula is C13H21N3O2S. The van der Waals surface area contributed by atoms with Crippen LogP contribution in [0.25, 0.3) is 0 Å². The average molecular weight is 283 g/mol. The van der Waals surface area contributed by atoms with E-state index in [1.165, 1.54) is 11.8 Å². The molecule has 2 rings (SSSR count). The van der Waals surface area contributed by atoms with Crippen molar-refractivity contribution < 1.29 is 8.42 Å². The van der Waals surface area contributed by atoms with Crippen LogP contribution < -0.4 is 0 Å². The summed E-state index contributed by atoms with van der Waals surface area (Å²) in [6, 6.07) is 4.32. The Labute approximate surface area is 115 Å². The predicted molar refractivity (Wildman–Crippen MR) is 75.3 cm³/mol. The molecule has 0 amide bonds. The monoisotopic (exact) mass is 283 g/mol. The minimum absolute atomic E-state index is 0.275. The number of hydrogen-bond donors (Lipinski definition) is 0. The van der Waals surface area contributed by atoms with E-state index >= 15 is 0 Å². The molecule has 1 aromatic rings. The van der Waals surface area contributed by atoms with E-state index in [2.05, 4.69) is 16.0 Å². The Bertz CT molecular complexity index is 545. The zero-order valence-electron chi connectivity index (χ0n) is 11.7. The van der Waals surface area contributed by atoms with Gasteiger partial charge >= 0.3 is 0 Å². The molecule has 0 saturated carbocycles. The molecule has 0 bridgehead atoms. The van der Waals surface area contributed by atoms with Crippen LogP contribution in [0.2, 0.25) is 0 Å². The fourth-order valence-corrected chi connectivity index (χ4v) is 3.32. The molecule has 0 aromatic carbocycles. The third kappa shape index (κ3) is 3.75. The highest BCUT2D eigenvalue weighted by molar-refractivity contribution is 7.88. The van der Waals surface area contributed by atoms with Crippen molar-refractivity contribution in [1.29, 1.82) is 0 Å². The van der Waals surface area contributed by atoms with Gasteiger partial charge < -0.3 is 0 Å². The van der Waals surface area contributed by atoms with Gasteiger partial charge in [-0.05, 0) is 38.1 Å². The molecular weight excluding hydrogens is 262 g/mol. The first-order valence-corrected chi connectivity index (χ1v) is 8.28. The second-order valence-corrected chi connectivity index (χ2v) is 7.29. The van der Waals surface area contributed by atoms with Gasteiger partial charge in [-0.25, -0.2) is 12.7 Å². The molecule has 1 fully saturated rings. The molecule has 106 valence electrons. The van der Waals surface area contributed by atoms with Gasteiger partial charge in [-0.2, -0.15) is 0 Å². The zero-order chi connectivity index (χ0) is 14.0. The van der Waals surface area contributed by atoms with Gasteiger partial charge in [0.2, 0.25) is 10.0 Å². The van der Waals surface area contributed by atoms with Gasteiger partial charge in [0.15, 0.2) is 0 Å². The Morgan fingerprint density at radius 2 is 2.26 bits per heavy atom. The van der Waals surface area contributed by atoms with Gasteiger partial charge in [-0.15, -0.1) is 0 Å². The molecule has 1 atom stereocenters. The maximum Gasteiger partial charge on any atom is 0.211 e. The van der Waals surface area contributed by atoms with E-state index in [9.17, 15) is 8.42 Å². The largest absolute Gasteiger partial charge is 0.296 e. The van der Waals surface area contributed by atoms with Crippen LogP contribution in [0.3, 0.4) is 0 Å². The lowest BCUT2D eigenvalue weighted by atomic mass is 10.2. The molecule has 0 spiro atoms. The smallest absolute Gasteiger partial charge is 0.211 e. The molecule has 0 aliphatic carbocycles. The van der Waals surface area contributed by atoms with E-state index in [-0.39, 0.29) is 6.04 Å². The summed E-state index contributed by atoms with van der Waals surface area (Å²) in [6.07, 6.45) is 3.98. The first-order valence-electron chi connectivity index (χ1n) is 6.43. The number of aryl methyl sites for hydroxylation is 1. The maximum atomic E-state index is 11.5. The first-order chi connectivity index (χ1) is 8.86. The Kier molecular flexibility index (Phi) is 4.23. The van der Waals surface area contributed by atoms with Crippen molar-refractivity contribution in [3.63, 3.8) is 0 Å². The third-order valence-electron chi connectivity index (χ3n) is 3.60. The van der Waals surface area contributed by atoms with E-state index in [0.29, 0.717) is 13.1 Å². The SMILES string of the molecule is Cc1ccnc(CN(C)C2CCN(S(C)(=O)=O)C2)c1. The Morgan fingerprint density at radius 1 is 1.53 bits per heavy atom. The minimum atomic E-state index is -3.06. The topological polar surface area (TPSA) is 53.5 Å². The summed E-state index contributed by atoms with van der Waals surface area (Å²) < 4.78 is 24.6. The number of aromatic nitrogens is 1. The van der Waals surface area contributed by atoms with Gasteiger partial charge in [0.1, 0.15) is 0 Å². The van der Waals surface area contributed by atoms with Crippen LogP contribution in [0, 0.1) is 6.92 Å². The van der Waals surface area contributed by atoms with Gasteiger partial charge in [0.25, 0.3) is 0 Å². The Morgan fingerprint density at radius 3 is 2.84 bits per heavy atom. The summed E-state index contributed by atoms with van der Waals surface area (Å²) in [5, 5.41) is 0. The number of hydrogen-bond acceptors (Lipinski definition) is 4. The second-order valence-electron chi connectivity index (χ2n) is 5.30.